The largest absolute Gasteiger partial charge is 0.496 e. The number of nitrogens with zero attached hydrogens (tertiary/aromatic N) is 1. The molecule has 2 aromatic rings. The van der Waals surface area contributed by atoms with Gasteiger partial charge in [-0.05, 0) is 30.7 Å². The number of carbonyl (C=O) groups excluding carboxylic acids is 1. The van der Waals surface area contributed by atoms with Crippen LogP contribution in [0.2, 0.25) is 5.02 Å². The smallest absolute Gasteiger partial charge is 0.314 e. The molecule has 0 bridgehead atoms. The number of carbonyl (C=O) groups is 1. The highest BCUT2D eigenvalue weighted by Gasteiger charge is 2.18. The summed E-state index contributed by atoms with van der Waals surface area (Å²) in [5, 5.41) is 14.4. The molecule has 0 spiro atoms. The van der Waals surface area contributed by atoms with Crippen molar-refractivity contribution < 1.29 is 19.2 Å². The van der Waals surface area contributed by atoms with Crippen LogP contribution in [-0.2, 0) is 4.79 Å². The zero-order valence-corrected chi connectivity index (χ0v) is 14.4. The minimum absolute atomic E-state index is 0.00801. The van der Waals surface area contributed by atoms with Gasteiger partial charge in [0, 0.05) is 5.02 Å². The first-order valence-electron chi connectivity index (χ1n) is 7.41. The number of hydrogen-bond donors (Lipinski definition) is 1. The van der Waals surface area contributed by atoms with E-state index in [1.165, 1.54) is 25.3 Å². The van der Waals surface area contributed by atoms with Crippen molar-refractivity contribution in [3.8, 4) is 11.5 Å². The fraction of sp³-hybridized carbons (Fsp3) is 0.235. The summed E-state index contributed by atoms with van der Waals surface area (Å²) in [5.74, 6) is -0.0975. The Bertz CT molecular complexity index is 781. The number of ether oxygens (including phenoxy) is 2. The number of nitro groups is 1. The summed E-state index contributed by atoms with van der Waals surface area (Å²) in [6, 6.07) is 11.0. The Kier molecular flexibility index (Phi) is 6.19. The quantitative estimate of drug-likeness (QED) is 0.599. The molecule has 8 heteroatoms. The minimum atomic E-state index is -0.595. The summed E-state index contributed by atoms with van der Waals surface area (Å²) >= 11 is 6.09. The van der Waals surface area contributed by atoms with Gasteiger partial charge < -0.3 is 14.8 Å². The van der Waals surface area contributed by atoms with Crippen molar-refractivity contribution in [1.29, 1.82) is 0 Å². The molecule has 1 atom stereocenters. The lowest BCUT2D eigenvalue weighted by Gasteiger charge is -2.16. The Morgan fingerprint density at radius 1 is 1.32 bits per heavy atom. The van der Waals surface area contributed by atoms with E-state index in [1.807, 2.05) is 12.1 Å². The second-order valence-corrected chi connectivity index (χ2v) is 5.60. The van der Waals surface area contributed by atoms with Crippen molar-refractivity contribution in [3.63, 3.8) is 0 Å². The maximum absolute atomic E-state index is 12.0. The number of nitro benzene ring substituents is 1. The van der Waals surface area contributed by atoms with E-state index in [0.29, 0.717) is 10.8 Å². The number of halogens is 1. The van der Waals surface area contributed by atoms with Gasteiger partial charge in [0.2, 0.25) is 0 Å². The standard InChI is InChI=1S/C17H17ClN2O5/c1-11(13-5-3-4-6-14(13)18)19-17(21)10-25-16-8-7-12(24-2)9-15(16)20(22)23/h3-9,11H,10H2,1-2H3,(H,19,21)/t11-/m0/s1. The topological polar surface area (TPSA) is 90.7 Å². The molecule has 0 saturated carbocycles. The number of methoxy groups -OCH3 is 1. The van der Waals surface area contributed by atoms with E-state index in [2.05, 4.69) is 5.32 Å². The highest BCUT2D eigenvalue weighted by Crippen LogP contribution is 2.31. The first kappa shape index (κ1) is 18.5. The van der Waals surface area contributed by atoms with Gasteiger partial charge in [-0.2, -0.15) is 0 Å². The molecule has 1 amide bonds. The highest BCUT2D eigenvalue weighted by atomic mass is 35.5. The number of nitrogens with one attached hydrogen (secondary N) is 1. The van der Waals surface area contributed by atoms with Gasteiger partial charge in [-0.1, -0.05) is 29.8 Å². The highest BCUT2D eigenvalue weighted by molar-refractivity contribution is 6.31. The maximum atomic E-state index is 12.0. The molecular weight excluding hydrogens is 348 g/mol. The molecule has 0 fully saturated rings. The van der Waals surface area contributed by atoms with Crippen LogP contribution in [0.25, 0.3) is 0 Å². The average molecular weight is 365 g/mol. The van der Waals surface area contributed by atoms with Crippen LogP contribution in [0.5, 0.6) is 11.5 Å². The second kappa shape index (κ2) is 8.34. The average Bonchev–Trinajstić information content (AvgIpc) is 2.60. The summed E-state index contributed by atoms with van der Waals surface area (Å²) in [4.78, 5) is 22.5. The summed E-state index contributed by atoms with van der Waals surface area (Å²) < 4.78 is 10.2. The van der Waals surface area contributed by atoms with Gasteiger partial charge in [-0.15, -0.1) is 0 Å². The van der Waals surface area contributed by atoms with Gasteiger partial charge in [0.15, 0.2) is 12.4 Å². The third-order valence-electron chi connectivity index (χ3n) is 3.47. The Labute approximate surface area is 149 Å². The number of rotatable bonds is 7. The lowest BCUT2D eigenvalue weighted by molar-refractivity contribution is -0.385. The summed E-state index contributed by atoms with van der Waals surface area (Å²) in [6.07, 6.45) is 0. The van der Waals surface area contributed by atoms with E-state index in [4.69, 9.17) is 21.1 Å². The fourth-order valence-corrected chi connectivity index (χ4v) is 2.52. The van der Waals surface area contributed by atoms with Gasteiger partial charge in [0.05, 0.1) is 24.1 Å². The molecule has 0 unspecified atom stereocenters. The van der Waals surface area contributed by atoms with Crippen molar-refractivity contribution in [2.24, 2.45) is 0 Å². The van der Waals surface area contributed by atoms with Crippen LogP contribution in [0.3, 0.4) is 0 Å². The van der Waals surface area contributed by atoms with Crippen LogP contribution in [0.15, 0.2) is 42.5 Å². The first-order valence-corrected chi connectivity index (χ1v) is 7.79. The maximum Gasteiger partial charge on any atom is 0.314 e. The SMILES string of the molecule is COc1ccc(OCC(=O)N[C@@H](C)c2ccccc2Cl)c([N+](=O)[O-])c1. The lowest BCUT2D eigenvalue weighted by atomic mass is 10.1. The summed E-state index contributed by atoms with van der Waals surface area (Å²) in [6.45, 7) is 1.43. The van der Waals surface area contributed by atoms with Crippen LogP contribution in [0.4, 0.5) is 5.69 Å². The number of benzene rings is 2. The fourth-order valence-electron chi connectivity index (χ4n) is 2.22. The monoisotopic (exact) mass is 364 g/mol. The summed E-state index contributed by atoms with van der Waals surface area (Å²) in [5.41, 5.74) is 0.499. The van der Waals surface area contributed by atoms with Crippen molar-refractivity contribution in [2.75, 3.05) is 13.7 Å². The molecular formula is C17H17ClN2O5. The normalized spacial score (nSPS) is 11.5. The van der Waals surface area contributed by atoms with Crippen LogP contribution in [0, 0.1) is 10.1 Å². The Hall–Kier alpha value is -2.80. The van der Waals surface area contributed by atoms with Crippen LogP contribution >= 0.6 is 11.6 Å². The second-order valence-electron chi connectivity index (χ2n) is 5.19. The molecule has 0 radical (unpaired) electrons. The zero-order chi connectivity index (χ0) is 18.4. The van der Waals surface area contributed by atoms with Crippen molar-refractivity contribution >= 4 is 23.2 Å². The Morgan fingerprint density at radius 3 is 2.68 bits per heavy atom. The van der Waals surface area contributed by atoms with Crippen LogP contribution in [0.1, 0.15) is 18.5 Å². The zero-order valence-electron chi connectivity index (χ0n) is 13.7. The molecule has 0 saturated heterocycles. The molecule has 0 aliphatic carbocycles. The molecule has 132 valence electrons. The predicted molar refractivity (Wildman–Crippen MR) is 93.2 cm³/mol. The first-order chi connectivity index (χ1) is 11.9. The molecule has 2 aromatic carbocycles. The summed E-state index contributed by atoms with van der Waals surface area (Å²) in [7, 11) is 1.41. The molecule has 1 N–H and O–H groups in total. The third kappa shape index (κ3) is 4.84. The van der Waals surface area contributed by atoms with E-state index in [-0.39, 0.29) is 24.1 Å². The van der Waals surface area contributed by atoms with Crippen LogP contribution < -0.4 is 14.8 Å². The molecule has 0 heterocycles. The molecule has 25 heavy (non-hydrogen) atoms. The Balaban J connectivity index is 2.00. The number of hydrogen-bond acceptors (Lipinski definition) is 5. The van der Waals surface area contributed by atoms with E-state index in [1.54, 1.807) is 19.1 Å². The number of amides is 1. The molecule has 0 aromatic heterocycles. The van der Waals surface area contributed by atoms with Gasteiger partial charge in [-0.25, -0.2) is 0 Å². The van der Waals surface area contributed by atoms with Crippen LogP contribution in [-0.4, -0.2) is 24.5 Å². The predicted octanol–water partition coefficient (Wildman–Crippen LogP) is 3.51. The Morgan fingerprint density at radius 2 is 2.04 bits per heavy atom. The van der Waals surface area contributed by atoms with E-state index in [0.717, 1.165) is 5.56 Å². The molecule has 2 rings (SSSR count). The van der Waals surface area contributed by atoms with E-state index >= 15 is 0 Å². The third-order valence-corrected chi connectivity index (χ3v) is 3.81. The van der Waals surface area contributed by atoms with E-state index in [9.17, 15) is 14.9 Å². The van der Waals surface area contributed by atoms with Gasteiger partial charge in [-0.3, -0.25) is 14.9 Å². The minimum Gasteiger partial charge on any atom is -0.496 e. The van der Waals surface area contributed by atoms with Gasteiger partial charge in [0.25, 0.3) is 5.91 Å². The lowest BCUT2D eigenvalue weighted by Crippen LogP contribution is -2.31. The molecule has 0 aliphatic heterocycles. The van der Waals surface area contributed by atoms with Crippen molar-refractivity contribution in [3.05, 3.63) is 63.2 Å². The van der Waals surface area contributed by atoms with Gasteiger partial charge in [0.1, 0.15) is 5.75 Å². The molecule has 7 nitrogen and oxygen atoms in total. The van der Waals surface area contributed by atoms with Gasteiger partial charge >= 0.3 is 5.69 Å². The van der Waals surface area contributed by atoms with Crippen molar-refractivity contribution in [1.82, 2.24) is 5.32 Å². The molecule has 0 aliphatic rings. The van der Waals surface area contributed by atoms with Crippen molar-refractivity contribution in [2.45, 2.75) is 13.0 Å². The van der Waals surface area contributed by atoms with E-state index < -0.39 is 10.8 Å².